The minimum Gasteiger partial charge on any atom is -0.392 e. The SMILES string of the molecule is CCCCCCCCCCCCCCCC(=O)Nc1cccc(C2OC(CSc3ccc(NC(C)=O)cc3)C(c3ccccc3)C(c3ccc(CO)cc3)O2)c1. The molecule has 4 atom stereocenters. The Hall–Kier alpha value is -3.95. The summed E-state index contributed by atoms with van der Waals surface area (Å²) in [4.78, 5) is 25.6. The number of hydrogen-bond donors (Lipinski definition) is 3. The largest absolute Gasteiger partial charge is 0.392 e. The fourth-order valence-corrected chi connectivity index (χ4v) is 8.43. The first-order chi connectivity index (χ1) is 27.4. The molecule has 0 spiro atoms. The second kappa shape index (κ2) is 24.0. The van der Waals surface area contributed by atoms with Gasteiger partial charge < -0.3 is 25.2 Å². The number of thioether (sulfide) groups is 1. The highest BCUT2D eigenvalue weighted by molar-refractivity contribution is 7.99. The Morgan fingerprint density at radius 1 is 0.643 bits per heavy atom. The van der Waals surface area contributed by atoms with Crippen LogP contribution in [-0.4, -0.2) is 28.8 Å². The lowest BCUT2D eigenvalue weighted by molar-refractivity contribution is -0.255. The fraction of sp³-hybridized carbons (Fsp3) is 0.458. The highest BCUT2D eigenvalue weighted by Gasteiger charge is 2.42. The van der Waals surface area contributed by atoms with Crippen molar-refractivity contribution in [3.63, 3.8) is 0 Å². The molecule has 4 unspecified atom stereocenters. The first-order valence-corrected chi connectivity index (χ1v) is 21.9. The molecule has 300 valence electrons. The van der Waals surface area contributed by atoms with Gasteiger partial charge in [0.25, 0.3) is 0 Å². The number of aliphatic hydroxyl groups is 1. The predicted molar refractivity (Wildman–Crippen MR) is 230 cm³/mol. The molecule has 1 fully saturated rings. The van der Waals surface area contributed by atoms with E-state index in [2.05, 4.69) is 29.7 Å². The van der Waals surface area contributed by atoms with Crippen molar-refractivity contribution in [1.29, 1.82) is 0 Å². The molecule has 5 rings (SSSR count). The number of carbonyl (C=O) groups excluding carboxylic acids is 2. The topological polar surface area (TPSA) is 96.9 Å². The molecule has 1 heterocycles. The second-order valence-corrected chi connectivity index (χ2v) is 16.2. The van der Waals surface area contributed by atoms with Gasteiger partial charge >= 0.3 is 0 Å². The Morgan fingerprint density at radius 3 is 1.89 bits per heavy atom. The molecule has 1 aliphatic heterocycles. The minimum absolute atomic E-state index is 0.0282. The van der Waals surface area contributed by atoms with Crippen LogP contribution in [-0.2, 0) is 25.7 Å². The summed E-state index contributed by atoms with van der Waals surface area (Å²) in [6.07, 6.45) is 15.8. The summed E-state index contributed by atoms with van der Waals surface area (Å²) >= 11 is 1.70. The number of hydrogen-bond acceptors (Lipinski definition) is 6. The Morgan fingerprint density at radius 2 is 1.27 bits per heavy atom. The monoisotopic (exact) mass is 778 g/mol. The van der Waals surface area contributed by atoms with Gasteiger partial charge in [0.05, 0.1) is 18.8 Å². The third kappa shape index (κ3) is 14.2. The predicted octanol–water partition coefficient (Wildman–Crippen LogP) is 12.3. The summed E-state index contributed by atoms with van der Waals surface area (Å²) in [7, 11) is 0. The zero-order chi connectivity index (χ0) is 39.4. The molecule has 0 aromatic heterocycles. The lowest BCUT2D eigenvalue weighted by Crippen LogP contribution is -2.38. The van der Waals surface area contributed by atoms with E-state index in [1.807, 2.05) is 91.0 Å². The minimum atomic E-state index is -0.678. The summed E-state index contributed by atoms with van der Waals surface area (Å²) in [6.45, 7) is 3.74. The molecule has 0 saturated carbocycles. The van der Waals surface area contributed by atoms with E-state index in [1.165, 1.54) is 77.6 Å². The van der Waals surface area contributed by atoms with Crippen LogP contribution in [0.25, 0.3) is 0 Å². The van der Waals surface area contributed by atoms with Crippen LogP contribution in [0.3, 0.4) is 0 Å². The van der Waals surface area contributed by atoms with Gasteiger partial charge in [-0.05, 0) is 59.5 Å². The van der Waals surface area contributed by atoms with Gasteiger partial charge in [-0.15, -0.1) is 11.8 Å². The van der Waals surface area contributed by atoms with Crippen molar-refractivity contribution in [2.75, 3.05) is 16.4 Å². The second-order valence-electron chi connectivity index (χ2n) is 15.1. The van der Waals surface area contributed by atoms with Crippen LogP contribution in [0.5, 0.6) is 0 Å². The molecule has 0 radical (unpaired) electrons. The highest BCUT2D eigenvalue weighted by atomic mass is 32.2. The number of aliphatic hydroxyl groups excluding tert-OH is 1. The Labute approximate surface area is 339 Å². The smallest absolute Gasteiger partial charge is 0.224 e. The molecule has 4 aromatic rings. The van der Waals surface area contributed by atoms with Gasteiger partial charge in [-0.25, -0.2) is 0 Å². The van der Waals surface area contributed by atoms with Crippen LogP contribution in [0, 0.1) is 0 Å². The van der Waals surface area contributed by atoms with E-state index in [1.54, 1.807) is 11.8 Å². The highest BCUT2D eigenvalue weighted by Crippen LogP contribution is 2.48. The van der Waals surface area contributed by atoms with E-state index >= 15 is 0 Å². The maximum Gasteiger partial charge on any atom is 0.224 e. The van der Waals surface area contributed by atoms with Gasteiger partial charge in [0.15, 0.2) is 6.29 Å². The van der Waals surface area contributed by atoms with Crippen molar-refractivity contribution >= 4 is 35.0 Å². The number of rotatable bonds is 23. The Balaban J connectivity index is 1.22. The maximum absolute atomic E-state index is 13.0. The molecule has 3 N–H and O–H groups in total. The zero-order valence-electron chi connectivity index (χ0n) is 33.4. The van der Waals surface area contributed by atoms with Gasteiger partial charge in [0, 0.05) is 46.8 Å². The van der Waals surface area contributed by atoms with Crippen LogP contribution in [0.15, 0.2) is 108 Å². The van der Waals surface area contributed by atoms with Crippen LogP contribution in [0.2, 0.25) is 0 Å². The molecule has 0 bridgehead atoms. The van der Waals surface area contributed by atoms with Crippen molar-refractivity contribution in [3.05, 3.63) is 125 Å². The quantitative estimate of drug-likeness (QED) is 0.0512. The first-order valence-electron chi connectivity index (χ1n) is 20.9. The third-order valence-electron chi connectivity index (χ3n) is 10.5. The Kier molecular flexibility index (Phi) is 18.5. The molecule has 4 aromatic carbocycles. The summed E-state index contributed by atoms with van der Waals surface area (Å²) in [5, 5.41) is 15.7. The molecule has 1 aliphatic rings. The van der Waals surface area contributed by atoms with Gasteiger partial charge in [-0.3, -0.25) is 9.59 Å². The molecular weight excluding hydrogens is 717 g/mol. The standard InChI is InChI=1S/C48H62N2O5S/c1-3-4-5-6-7-8-9-10-11-12-13-14-18-24-45(53)50-42-23-19-22-40(33-42)48-54-44(35-56-43-31-29-41(30-32-43)49-36(2)52)46(38-20-16-15-17-21-38)47(55-48)39-27-25-37(34-51)26-28-39/h15-17,19-23,25-33,44,46-48,51H,3-14,18,24,34-35H2,1-2H3,(H,49,52)(H,50,53). The fourth-order valence-electron chi connectivity index (χ4n) is 7.46. The molecule has 0 aliphatic carbocycles. The van der Waals surface area contributed by atoms with E-state index in [0.717, 1.165) is 51.4 Å². The van der Waals surface area contributed by atoms with Crippen LogP contribution in [0.1, 0.15) is 144 Å². The summed E-state index contributed by atoms with van der Waals surface area (Å²) in [5.74, 6) is 0.455. The van der Waals surface area contributed by atoms with Crippen molar-refractivity contribution in [3.8, 4) is 0 Å². The molecule has 8 heteroatoms. The van der Waals surface area contributed by atoms with Crippen LogP contribution in [0.4, 0.5) is 11.4 Å². The third-order valence-corrected chi connectivity index (χ3v) is 11.6. The molecule has 1 saturated heterocycles. The number of benzene rings is 4. The summed E-state index contributed by atoms with van der Waals surface area (Å²) in [5.41, 5.74) is 5.28. The molecule has 2 amide bonds. The summed E-state index contributed by atoms with van der Waals surface area (Å²) < 4.78 is 13.8. The zero-order valence-corrected chi connectivity index (χ0v) is 34.2. The number of anilines is 2. The van der Waals surface area contributed by atoms with E-state index in [0.29, 0.717) is 12.2 Å². The van der Waals surface area contributed by atoms with Crippen LogP contribution < -0.4 is 10.6 Å². The van der Waals surface area contributed by atoms with Gasteiger partial charge in [0.2, 0.25) is 11.8 Å². The van der Waals surface area contributed by atoms with E-state index in [9.17, 15) is 14.7 Å². The van der Waals surface area contributed by atoms with Gasteiger partial charge in [0.1, 0.15) is 0 Å². The number of nitrogens with one attached hydrogen (secondary N) is 2. The summed E-state index contributed by atoms with van der Waals surface area (Å²) in [6, 6.07) is 34.0. The van der Waals surface area contributed by atoms with Crippen molar-refractivity contribution in [2.24, 2.45) is 0 Å². The number of ether oxygens (including phenoxy) is 2. The van der Waals surface area contributed by atoms with Crippen molar-refractivity contribution in [2.45, 2.75) is 140 Å². The van der Waals surface area contributed by atoms with Gasteiger partial charge in [-0.2, -0.15) is 0 Å². The number of carbonyl (C=O) groups is 2. The van der Waals surface area contributed by atoms with Crippen molar-refractivity contribution < 1.29 is 24.2 Å². The lowest BCUT2D eigenvalue weighted by atomic mass is 9.84. The van der Waals surface area contributed by atoms with E-state index < -0.39 is 6.29 Å². The van der Waals surface area contributed by atoms with Gasteiger partial charge in [-0.1, -0.05) is 151 Å². The van der Waals surface area contributed by atoms with E-state index in [-0.39, 0.29) is 36.5 Å². The normalized spacial score (nSPS) is 18.1. The average Bonchev–Trinajstić information content (AvgIpc) is 3.22. The lowest BCUT2D eigenvalue weighted by Gasteiger charge is -2.43. The molecule has 56 heavy (non-hydrogen) atoms. The first kappa shape index (κ1) is 43.2. The number of amides is 2. The number of unbranched alkanes of at least 4 members (excludes halogenated alkanes) is 12. The molecular formula is C48H62N2O5S. The van der Waals surface area contributed by atoms with E-state index in [4.69, 9.17) is 9.47 Å². The average molecular weight is 779 g/mol. The Bertz CT molecular complexity index is 1730. The molecule has 7 nitrogen and oxygen atoms in total. The van der Waals surface area contributed by atoms with Crippen LogP contribution >= 0.6 is 11.8 Å². The van der Waals surface area contributed by atoms with Crippen molar-refractivity contribution in [1.82, 2.24) is 0 Å². The maximum atomic E-state index is 13.0.